The summed E-state index contributed by atoms with van der Waals surface area (Å²) in [6.45, 7) is 3.09. The Morgan fingerprint density at radius 1 is 1.32 bits per heavy atom. The number of aliphatic carboxylic acids is 1. The lowest BCUT2D eigenvalue weighted by Gasteiger charge is -2.20. The summed E-state index contributed by atoms with van der Waals surface area (Å²) >= 11 is 0. The molecule has 0 aliphatic heterocycles. The van der Waals surface area contributed by atoms with Crippen LogP contribution in [0, 0.1) is 10.8 Å². The van der Waals surface area contributed by atoms with Gasteiger partial charge in [-0.1, -0.05) is 0 Å². The van der Waals surface area contributed by atoms with Gasteiger partial charge in [0.15, 0.2) is 0 Å². The molecule has 1 rings (SSSR count). The molecule has 0 spiro atoms. The summed E-state index contributed by atoms with van der Waals surface area (Å²) in [5, 5.41) is 11.5. The Morgan fingerprint density at radius 2 is 1.84 bits per heavy atom. The lowest BCUT2D eigenvalue weighted by molar-refractivity contribution is -0.146. The molecule has 1 aliphatic carbocycles. The summed E-state index contributed by atoms with van der Waals surface area (Å²) in [5.41, 5.74) is -1.45. The number of carbonyl (C=O) groups excluding carboxylic acids is 1. The van der Waals surface area contributed by atoms with Crippen LogP contribution < -0.4 is 5.32 Å². The van der Waals surface area contributed by atoms with Crippen molar-refractivity contribution in [3.8, 4) is 0 Å². The van der Waals surface area contributed by atoms with Gasteiger partial charge in [-0.05, 0) is 32.1 Å². The average molecular weight is 291 g/mol. The second-order valence-electron chi connectivity index (χ2n) is 6.21. The van der Waals surface area contributed by atoms with E-state index in [-0.39, 0.29) is 24.6 Å². The maximum Gasteiger partial charge on any atom is 0.310 e. The predicted molar refractivity (Wildman–Crippen MR) is 70.4 cm³/mol. The molecule has 1 aliphatic rings. The normalized spacial score (nSPS) is 17.8. The molecule has 1 amide bonds. The number of rotatable bonds is 7. The minimum Gasteiger partial charge on any atom is -0.481 e. The van der Waals surface area contributed by atoms with E-state index in [0.29, 0.717) is 0 Å². The summed E-state index contributed by atoms with van der Waals surface area (Å²) in [5.74, 6) is -1.24. The van der Waals surface area contributed by atoms with Crippen molar-refractivity contribution >= 4 is 21.7 Å². The van der Waals surface area contributed by atoms with Gasteiger partial charge in [-0.15, -0.1) is 0 Å². The third kappa shape index (κ3) is 5.18. The van der Waals surface area contributed by atoms with E-state index in [9.17, 15) is 18.0 Å². The topological polar surface area (TPSA) is 101 Å². The molecule has 7 heteroatoms. The Morgan fingerprint density at radius 3 is 2.21 bits per heavy atom. The van der Waals surface area contributed by atoms with Crippen LogP contribution in [-0.4, -0.2) is 44.0 Å². The van der Waals surface area contributed by atoms with E-state index < -0.39 is 26.6 Å². The van der Waals surface area contributed by atoms with Crippen LogP contribution in [0.2, 0.25) is 0 Å². The number of hydrogen-bond acceptors (Lipinski definition) is 4. The van der Waals surface area contributed by atoms with Crippen molar-refractivity contribution < 1.29 is 23.1 Å². The van der Waals surface area contributed by atoms with E-state index in [1.165, 1.54) is 20.1 Å². The molecule has 0 aromatic carbocycles. The van der Waals surface area contributed by atoms with E-state index in [2.05, 4.69) is 5.32 Å². The Bertz CT molecular complexity index is 476. The number of carbonyl (C=O) groups is 2. The second-order valence-corrected chi connectivity index (χ2v) is 8.35. The van der Waals surface area contributed by atoms with Crippen LogP contribution in [0.25, 0.3) is 0 Å². The fourth-order valence-corrected chi connectivity index (χ4v) is 3.41. The molecule has 2 N–H and O–H groups in total. The molecule has 0 bridgehead atoms. The number of amides is 1. The molecule has 0 atom stereocenters. The minimum atomic E-state index is -3.10. The lowest BCUT2D eigenvalue weighted by atomic mass is 9.93. The smallest absolute Gasteiger partial charge is 0.310 e. The van der Waals surface area contributed by atoms with E-state index in [0.717, 1.165) is 12.8 Å². The third-order valence-electron chi connectivity index (χ3n) is 3.37. The van der Waals surface area contributed by atoms with Crippen LogP contribution in [0.15, 0.2) is 0 Å². The zero-order valence-electron chi connectivity index (χ0n) is 11.5. The molecule has 0 unspecified atom stereocenters. The first-order valence-corrected chi connectivity index (χ1v) is 8.20. The van der Waals surface area contributed by atoms with Gasteiger partial charge in [0.2, 0.25) is 5.91 Å². The van der Waals surface area contributed by atoms with Crippen LogP contribution in [0.4, 0.5) is 0 Å². The average Bonchev–Trinajstić information content (AvgIpc) is 2.91. The molecule has 0 heterocycles. The van der Waals surface area contributed by atoms with Gasteiger partial charge in [0.25, 0.3) is 0 Å². The highest BCUT2D eigenvalue weighted by atomic mass is 32.2. The first-order chi connectivity index (χ1) is 8.46. The van der Waals surface area contributed by atoms with Crippen molar-refractivity contribution in [2.24, 2.45) is 10.8 Å². The minimum absolute atomic E-state index is 0.0236. The van der Waals surface area contributed by atoms with Crippen molar-refractivity contribution in [3.05, 3.63) is 0 Å². The van der Waals surface area contributed by atoms with Crippen LogP contribution in [-0.2, 0) is 19.4 Å². The number of nitrogens with one attached hydrogen (secondary N) is 1. The van der Waals surface area contributed by atoms with Crippen molar-refractivity contribution in [1.82, 2.24) is 5.32 Å². The third-order valence-corrected chi connectivity index (χ3v) is 4.50. The highest BCUT2D eigenvalue weighted by Crippen LogP contribution is 2.49. The number of carboxylic acids is 1. The maximum atomic E-state index is 11.8. The summed E-state index contributed by atoms with van der Waals surface area (Å²) < 4.78 is 22.5. The molecule has 19 heavy (non-hydrogen) atoms. The summed E-state index contributed by atoms with van der Waals surface area (Å²) in [6.07, 6.45) is 2.78. The molecule has 1 saturated carbocycles. The monoisotopic (exact) mass is 291 g/mol. The van der Waals surface area contributed by atoms with E-state index in [4.69, 9.17) is 5.11 Å². The Kier molecular flexibility index (Phi) is 4.29. The number of hydrogen-bond donors (Lipinski definition) is 2. The van der Waals surface area contributed by atoms with Crippen molar-refractivity contribution in [1.29, 1.82) is 0 Å². The van der Waals surface area contributed by atoms with Gasteiger partial charge in [0, 0.05) is 19.2 Å². The number of sulfone groups is 1. The van der Waals surface area contributed by atoms with Gasteiger partial charge in [0.05, 0.1) is 11.2 Å². The van der Waals surface area contributed by atoms with Crippen molar-refractivity contribution in [3.63, 3.8) is 0 Å². The highest BCUT2D eigenvalue weighted by Gasteiger charge is 2.46. The standard InChI is InChI=1S/C12H21NO5S/c1-11(2,10(15)16)7-13-9(14)6-12(4-5-12)8-19(3,17)18/h4-8H2,1-3H3,(H,13,14)(H,15,16). The van der Waals surface area contributed by atoms with Crippen LogP contribution in [0.5, 0.6) is 0 Å². The Labute approximate surface area is 113 Å². The SMILES string of the molecule is CC(C)(CNC(=O)CC1(CS(C)(=O)=O)CC1)C(=O)O. The highest BCUT2D eigenvalue weighted by molar-refractivity contribution is 7.90. The molecule has 0 aromatic heterocycles. The van der Waals surface area contributed by atoms with Gasteiger partial charge >= 0.3 is 5.97 Å². The first kappa shape index (κ1) is 15.9. The van der Waals surface area contributed by atoms with Crippen LogP contribution in [0.3, 0.4) is 0 Å². The van der Waals surface area contributed by atoms with Crippen LogP contribution >= 0.6 is 0 Å². The van der Waals surface area contributed by atoms with Gasteiger partial charge < -0.3 is 10.4 Å². The van der Waals surface area contributed by atoms with Crippen molar-refractivity contribution in [2.75, 3.05) is 18.6 Å². The molecule has 110 valence electrons. The molecular weight excluding hydrogens is 270 g/mol. The van der Waals surface area contributed by atoms with Gasteiger partial charge in [-0.3, -0.25) is 9.59 Å². The van der Waals surface area contributed by atoms with E-state index in [1.54, 1.807) is 0 Å². The van der Waals surface area contributed by atoms with Gasteiger partial charge in [-0.2, -0.15) is 0 Å². The van der Waals surface area contributed by atoms with Crippen molar-refractivity contribution in [2.45, 2.75) is 33.1 Å². The largest absolute Gasteiger partial charge is 0.481 e. The number of carboxylic acid groups (broad SMARTS) is 1. The fourth-order valence-electron chi connectivity index (χ4n) is 1.90. The maximum absolute atomic E-state index is 11.8. The molecular formula is C12H21NO5S. The lowest BCUT2D eigenvalue weighted by Crippen LogP contribution is -2.40. The first-order valence-electron chi connectivity index (χ1n) is 6.14. The van der Waals surface area contributed by atoms with Crippen LogP contribution in [0.1, 0.15) is 33.1 Å². The quantitative estimate of drug-likeness (QED) is 0.708. The molecule has 0 saturated heterocycles. The Balaban J connectivity index is 2.47. The second kappa shape index (κ2) is 5.11. The summed E-state index contributed by atoms with van der Waals surface area (Å²) in [4.78, 5) is 22.6. The predicted octanol–water partition coefficient (Wildman–Crippen LogP) is 0.428. The zero-order valence-corrected chi connectivity index (χ0v) is 12.3. The Hall–Kier alpha value is -1.11. The molecule has 0 radical (unpaired) electrons. The van der Waals surface area contributed by atoms with E-state index in [1.807, 2.05) is 0 Å². The van der Waals surface area contributed by atoms with Gasteiger partial charge in [-0.25, -0.2) is 8.42 Å². The van der Waals surface area contributed by atoms with E-state index >= 15 is 0 Å². The molecule has 0 aromatic rings. The van der Waals surface area contributed by atoms with Gasteiger partial charge in [0.1, 0.15) is 9.84 Å². The summed E-state index contributed by atoms with van der Waals surface area (Å²) in [6, 6.07) is 0. The zero-order chi connectivity index (χ0) is 14.9. The molecule has 1 fully saturated rings. The fraction of sp³-hybridized carbons (Fsp3) is 0.833. The molecule has 6 nitrogen and oxygen atoms in total. The summed E-state index contributed by atoms with van der Waals surface area (Å²) in [7, 11) is -3.10.